The number of benzene rings is 1. The predicted octanol–water partition coefficient (Wildman–Crippen LogP) is 2.85. The molecule has 0 saturated carbocycles. The van der Waals surface area contributed by atoms with Crippen molar-refractivity contribution in [1.82, 2.24) is 0 Å². The third-order valence-electron chi connectivity index (χ3n) is 2.70. The molecular weight excluding hydrogens is 283 g/mol. The van der Waals surface area contributed by atoms with Gasteiger partial charge in [0.1, 0.15) is 0 Å². The molecule has 114 valence electrons. The Kier molecular flexibility index (Phi) is 5.12. The smallest absolute Gasteiger partial charge is 0.370 e. The fourth-order valence-electron chi connectivity index (χ4n) is 1.77. The van der Waals surface area contributed by atoms with Crippen molar-refractivity contribution in [2.45, 2.75) is 26.4 Å². The van der Waals surface area contributed by atoms with E-state index in [9.17, 15) is 18.0 Å². The molecule has 0 bridgehead atoms. The Morgan fingerprint density at radius 3 is 2.43 bits per heavy atom. The highest BCUT2D eigenvalue weighted by Crippen LogP contribution is 2.34. The first-order chi connectivity index (χ1) is 9.66. The van der Waals surface area contributed by atoms with E-state index in [2.05, 4.69) is 4.99 Å². The van der Waals surface area contributed by atoms with Gasteiger partial charge < -0.3 is 11.5 Å². The number of alkyl halides is 3. The lowest BCUT2D eigenvalue weighted by Crippen LogP contribution is -2.24. The predicted molar refractivity (Wildman–Crippen MR) is 75.6 cm³/mol. The van der Waals surface area contributed by atoms with E-state index in [0.717, 1.165) is 6.07 Å². The van der Waals surface area contributed by atoms with Gasteiger partial charge in [0.2, 0.25) is 0 Å². The molecule has 0 atom stereocenters. The van der Waals surface area contributed by atoms with E-state index >= 15 is 0 Å². The lowest BCUT2D eigenvalue weighted by Gasteiger charge is -2.13. The molecule has 0 radical (unpaired) electrons. The van der Waals surface area contributed by atoms with Crippen LogP contribution in [0.15, 0.2) is 23.2 Å². The molecule has 1 rings (SSSR count). The number of carbonyl (C=O) groups is 1. The van der Waals surface area contributed by atoms with Gasteiger partial charge in [0.15, 0.2) is 5.96 Å². The van der Waals surface area contributed by atoms with Crippen LogP contribution < -0.4 is 11.5 Å². The molecule has 4 nitrogen and oxygen atoms in total. The van der Waals surface area contributed by atoms with Crippen molar-refractivity contribution in [3.8, 4) is 0 Å². The summed E-state index contributed by atoms with van der Waals surface area (Å²) >= 11 is 0. The lowest BCUT2D eigenvalue weighted by molar-refractivity contribution is -0.137. The van der Waals surface area contributed by atoms with Crippen molar-refractivity contribution in [3.05, 3.63) is 40.5 Å². The zero-order valence-corrected chi connectivity index (χ0v) is 11.7. The molecule has 21 heavy (non-hydrogen) atoms. The van der Waals surface area contributed by atoms with E-state index < -0.39 is 23.6 Å². The summed E-state index contributed by atoms with van der Waals surface area (Å²) in [5.41, 5.74) is 9.45. The first-order valence-electron chi connectivity index (χ1n) is 6.19. The maximum Gasteiger partial charge on any atom is 0.417 e. The number of hydrogen-bond acceptors (Lipinski definition) is 1. The fourth-order valence-corrected chi connectivity index (χ4v) is 1.77. The summed E-state index contributed by atoms with van der Waals surface area (Å²) in [6.45, 7) is 3.34. The summed E-state index contributed by atoms with van der Waals surface area (Å²) in [7, 11) is 0. The molecule has 0 fully saturated rings. The van der Waals surface area contributed by atoms with Crippen LogP contribution in [0.1, 0.15) is 40.4 Å². The van der Waals surface area contributed by atoms with E-state index in [0.29, 0.717) is 12.0 Å². The first-order valence-corrected chi connectivity index (χ1v) is 6.19. The molecular formula is C14H16F3N3O. The van der Waals surface area contributed by atoms with E-state index in [4.69, 9.17) is 11.5 Å². The standard InChI is InChI=1S/C14H16F3N3O/c1-3-4-5-9-6-8(2)10(12(21)20-13(18)19)7-11(9)14(15,16)17/h4-7H,3H2,1-2H3,(H4,18,19,20,21)/b5-4+. The summed E-state index contributed by atoms with van der Waals surface area (Å²) in [6, 6.07) is 2.07. The molecule has 0 heterocycles. The number of nitrogens with zero attached hydrogens (tertiary/aromatic N) is 1. The zero-order chi connectivity index (χ0) is 16.2. The van der Waals surface area contributed by atoms with Gasteiger partial charge in [-0.15, -0.1) is 0 Å². The Hall–Kier alpha value is -2.31. The number of rotatable bonds is 3. The molecule has 0 spiro atoms. The quantitative estimate of drug-likeness (QED) is 0.665. The summed E-state index contributed by atoms with van der Waals surface area (Å²) in [5, 5.41) is 0. The van der Waals surface area contributed by atoms with Crippen LogP contribution in [-0.4, -0.2) is 11.9 Å². The normalized spacial score (nSPS) is 11.7. The monoisotopic (exact) mass is 299 g/mol. The first kappa shape index (κ1) is 16.7. The van der Waals surface area contributed by atoms with Crippen LogP contribution in [0.4, 0.5) is 13.2 Å². The van der Waals surface area contributed by atoms with Crippen LogP contribution in [0.2, 0.25) is 0 Å². The van der Waals surface area contributed by atoms with Gasteiger partial charge in [-0.25, -0.2) is 0 Å². The van der Waals surface area contributed by atoms with Gasteiger partial charge in [-0.2, -0.15) is 18.2 Å². The largest absolute Gasteiger partial charge is 0.417 e. The van der Waals surface area contributed by atoms with Crippen molar-refractivity contribution in [1.29, 1.82) is 0 Å². The molecule has 0 aliphatic carbocycles. The minimum Gasteiger partial charge on any atom is -0.370 e. The van der Waals surface area contributed by atoms with Crippen LogP contribution in [0.3, 0.4) is 0 Å². The van der Waals surface area contributed by atoms with E-state index in [1.54, 1.807) is 6.08 Å². The Morgan fingerprint density at radius 2 is 1.95 bits per heavy atom. The molecule has 7 heteroatoms. The molecule has 1 aromatic rings. The van der Waals surface area contributed by atoms with Crippen molar-refractivity contribution in [2.75, 3.05) is 0 Å². The Morgan fingerprint density at radius 1 is 1.33 bits per heavy atom. The van der Waals surface area contributed by atoms with Gasteiger partial charge >= 0.3 is 6.18 Å². The van der Waals surface area contributed by atoms with Gasteiger partial charge in [-0.05, 0) is 30.5 Å². The number of aryl methyl sites for hydroxylation is 1. The fraction of sp³-hybridized carbons (Fsp3) is 0.286. The third kappa shape index (κ3) is 4.34. The lowest BCUT2D eigenvalue weighted by atomic mass is 9.97. The molecule has 0 aliphatic heterocycles. The van der Waals surface area contributed by atoms with Gasteiger partial charge in [0, 0.05) is 5.56 Å². The van der Waals surface area contributed by atoms with Crippen LogP contribution in [-0.2, 0) is 6.18 Å². The number of carbonyl (C=O) groups excluding carboxylic acids is 1. The molecule has 0 aliphatic rings. The van der Waals surface area contributed by atoms with Crippen molar-refractivity contribution < 1.29 is 18.0 Å². The summed E-state index contributed by atoms with van der Waals surface area (Å²) < 4.78 is 39.2. The number of amides is 1. The summed E-state index contributed by atoms with van der Waals surface area (Å²) in [6.07, 6.45) is -0.981. The second kappa shape index (κ2) is 6.43. The van der Waals surface area contributed by atoms with E-state index in [1.807, 2.05) is 6.92 Å². The van der Waals surface area contributed by atoms with Gasteiger partial charge in [-0.1, -0.05) is 25.1 Å². The highest BCUT2D eigenvalue weighted by atomic mass is 19.4. The van der Waals surface area contributed by atoms with Gasteiger partial charge in [-0.3, -0.25) is 4.79 Å². The third-order valence-corrected chi connectivity index (χ3v) is 2.70. The SMILES string of the molecule is CC/C=C/c1cc(C)c(C(=O)N=C(N)N)cc1C(F)(F)F. The highest BCUT2D eigenvalue weighted by Gasteiger charge is 2.34. The van der Waals surface area contributed by atoms with Crippen molar-refractivity contribution in [3.63, 3.8) is 0 Å². The summed E-state index contributed by atoms with van der Waals surface area (Å²) in [5.74, 6) is -1.40. The van der Waals surface area contributed by atoms with Crippen LogP contribution in [0, 0.1) is 6.92 Å². The Bertz CT molecular complexity index is 600. The summed E-state index contributed by atoms with van der Waals surface area (Å²) in [4.78, 5) is 15.0. The number of hydrogen-bond donors (Lipinski definition) is 2. The number of allylic oxidation sites excluding steroid dienone is 1. The number of halogens is 3. The molecule has 1 aromatic carbocycles. The minimum absolute atomic E-state index is 0.00287. The average molecular weight is 299 g/mol. The maximum atomic E-state index is 13.1. The zero-order valence-electron chi connectivity index (χ0n) is 11.7. The Balaban J connectivity index is 3.48. The second-order valence-electron chi connectivity index (χ2n) is 4.40. The number of guanidine groups is 1. The van der Waals surface area contributed by atoms with Crippen LogP contribution in [0.25, 0.3) is 6.08 Å². The van der Waals surface area contributed by atoms with Gasteiger partial charge in [0.25, 0.3) is 5.91 Å². The molecule has 4 N–H and O–H groups in total. The number of nitrogens with two attached hydrogens (primary N) is 2. The Labute approximate surface area is 120 Å². The highest BCUT2D eigenvalue weighted by molar-refractivity contribution is 6.03. The molecule has 0 saturated heterocycles. The van der Waals surface area contributed by atoms with Crippen LogP contribution >= 0.6 is 0 Å². The van der Waals surface area contributed by atoms with E-state index in [-0.39, 0.29) is 11.1 Å². The molecule has 0 unspecified atom stereocenters. The topological polar surface area (TPSA) is 81.5 Å². The molecule has 1 amide bonds. The second-order valence-corrected chi connectivity index (χ2v) is 4.40. The van der Waals surface area contributed by atoms with Crippen molar-refractivity contribution >= 4 is 17.9 Å². The van der Waals surface area contributed by atoms with Gasteiger partial charge in [0.05, 0.1) is 5.56 Å². The molecule has 0 aromatic heterocycles. The van der Waals surface area contributed by atoms with E-state index in [1.165, 1.54) is 19.1 Å². The number of aliphatic imine (C=N–C) groups is 1. The average Bonchev–Trinajstić information content (AvgIpc) is 2.33. The minimum atomic E-state index is -4.58. The van der Waals surface area contributed by atoms with Crippen molar-refractivity contribution in [2.24, 2.45) is 16.5 Å². The van der Waals surface area contributed by atoms with Crippen LogP contribution in [0.5, 0.6) is 0 Å². The maximum absolute atomic E-state index is 13.1.